The van der Waals surface area contributed by atoms with Crippen LogP contribution in [0.3, 0.4) is 0 Å². The molecule has 1 aromatic rings. The maximum Gasteiger partial charge on any atom is 0.266 e. The number of carbonyl (C=O) groups excluding carboxylic acids is 1. The lowest BCUT2D eigenvalue weighted by molar-refractivity contribution is 0.0995. The van der Waals surface area contributed by atoms with E-state index in [1.807, 2.05) is 0 Å². The normalized spacial score (nSPS) is 19.5. The Labute approximate surface area is 76.5 Å². The van der Waals surface area contributed by atoms with Gasteiger partial charge in [-0.2, -0.15) is 5.10 Å². The standard InChI is InChI=1S/C9H13N3O/c1-9(3-2-4-9)7-5-6(8(10)13)11-12-7/h5H,2-4H2,1H3,(H2,10,13)(H,11,12). The minimum atomic E-state index is -0.443. The summed E-state index contributed by atoms with van der Waals surface area (Å²) in [6.45, 7) is 2.16. The van der Waals surface area contributed by atoms with Gasteiger partial charge in [0, 0.05) is 5.41 Å². The van der Waals surface area contributed by atoms with Crippen LogP contribution in [0.1, 0.15) is 42.4 Å². The fourth-order valence-electron chi connectivity index (χ4n) is 1.72. The molecular weight excluding hydrogens is 166 g/mol. The largest absolute Gasteiger partial charge is 0.364 e. The summed E-state index contributed by atoms with van der Waals surface area (Å²) in [4.78, 5) is 10.8. The lowest BCUT2D eigenvalue weighted by Crippen LogP contribution is -2.30. The molecule has 0 aromatic carbocycles. The molecule has 1 fully saturated rings. The van der Waals surface area contributed by atoms with E-state index in [4.69, 9.17) is 5.73 Å². The average molecular weight is 179 g/mol. The Kier molecular flexibility index (Phi) is 1.65. The Morgan fingerprint density at radius 1 is 1.69 bits per heavy atom. The summed E-state index contributed by atoms with van der Waals surface area (Å²) < 4.78 is 0. The van der Waals surface area contributed by atoms with Gasteiger partial charge in [0.25, 0.3) is 5.91 Å². The molecule has 0 bridgehead atoms. The second kappa shape index (κ2) is 2.58. The topological polar surface area (TPSA) is 71.8 Å². The molecule has 70 valence electrons. The summed E-state index contributed by atoms with van der Waals surface area (Å²) in [6.07, 6.45) is 3.54. The van der Waals surface area contributed by atoms with Crippen molar-refractivity contribution in [2.24, 2.45) is 5.73 Å². The first-order valence-electron chi connectivity index (χ1n) is 4.47. The minimum absolute atomic E-state index is 0.171. The summed E-state index contributed by atoms with van der Waals surface area (Å²) in [5.74, 6) is -0.443. The lowest BCUT2D eigenvalue weighted by Gasteiger charge is -2.36. The Hall–Kier alpha value is -1.32. The number of rotatable bonds is 2. The minimum Gasteiger partial charge on any atom is -0.364 e. The third-order valence-corrected chi connectivity index (χ3v) is 2.92. The fourth-order valence-corrected chi connectivity index (χ4v) is 1.72. The van der Waals surface area contributed by atoms with Crippen molar-refractivity contribution in [2.75, 3.05) is 0 Å². The number of aromatic nitrogens is 2. The van der Waals surface area contributed by atoms with Crippen molar-refractivity contribution in [1.82, 2.24) is 10.2 Å². The van der Waals surface area contributed by atoms with E-state index >= 15 is 0 Å². The molecule has 2 rings (SSSR count). The highest BCUT2D eigenvalue weighted by atomic mass is 16.1. The van der Waals surface area contributed by atoms with E-state index in [-0.39, 0.29) is 5.41 Å². The molecule has 1 aliphatic rings. The van der Waals surface area contributed by atoms with Gasteiger partial charge in [-0.1, -0.05) is 13.3 Å². The molecule has 0 radical (unpaired) electrons. The van der Waals surface area contributed by atoms with Crippen LogP contribution in [0.25, 0.3) is 0 Å². The zero-order valence-corrected chi connectivity index (χ0v) is 7.63. The van der Waals surface area contributed by atoms with Gasteiger partial charge in [-0.25, -0.2) is 0 Å². The number of amides is 1. The smallest absolute Gasteiger partial charge is 0.266 e. The average Bonchev–Trinajstić information content (AvgIpc) is 2.48. The van der Waals surface area contributed by atoms with Gasteiger partial charge in [0.1, 0.15) is 5.69 Å². The van der Waals surface area contributed by atoms with Gasteiger partial charge in [0.2, 0.25) is 0 Å². The molecule has 1 amide bonds. The summed E-state index contributed by atoms with van der Waals surface area (Å²) in [7, 11) is 0. The Morgan fingerprint density at radius 2 is 2.38 bits per heavy atom. The van der Waals surface area contributed by atoms with Crippen molar-refractivity contribution in [1.29, 1.82) is 0 Å². The summed E-state index contributed by atoms with van der Waals surface area (Å²) in [6, 6.07) is 1.77. The van der Waals surface area contributed by atoms with Gasteiger partial charge < -0.3 is 5.73 Å². The number of nitrogens with one attached hydrogen (secondary N) is 1. The zero-order valence-electron chi connectivity index (χ0n) is 7.63. The van der Waals surface area contributed by atoms with Gasteiger partial charge in [-0.15, -0.1) is 0 Å². The molecule has 1 aromatic heterocycles. The van der Waals surface area contributed by atoms with Crippen molar-refractivity contribution >= 4 is 5.91 Å². The van der Waals surface area contributed by atoms with Crippen LogP contribution in [0.4, 0.5) is 0 Å². The number of H-pyrrole nitrogens is 1. The molecule has 4 nitrogen and oxygen atoms in total. The van der Waals surface area contributed by atoms with Gasteiger partial charge in [0.05, 0.1) is 5.69 Å². The lowest BCUT2D eigenvalue weighted by atomic mass is 9.68. The van der Waals surface area contributed by atoms with Crippen LogP contribution in [0, 0.1) is 0 Å². The maximum atomic E-state index is 10.8. The zero-order chi connectivity index (χ0) is 9.47. The molecule has 4 heteroatoms. The molecule has 1 heterocycles. The monoisotopic (exact) mass is 179 g/mol. The van der Waals surface area contributed by atoms with Gasteiger partial charge in [0.15, 0.2) is 0 Å². The van der Waals surface area contributed by atoms with E-state index in [2.05, 4.69) is 17.1 Å². The van der Waals surface area contributed by atoms with Crippen LogP contribution in [0.2, 0.25) is 0 Å². The number of primary amides is 1. The molecule has 0 atom stereocenters. The number of nitrogens with zero attached hydrogens (tertiary/aromatic N) is 1. The number of hydrogen-bond acceptors (Lipinski definition) is 2. The van der Waals surface area contributed by atoms with E-state index < -0.39 is 5.91 Å². The Balaban J connectivity index is 2.27. The fraction of sp³-hybridized carbons (Fsp3) is 0.556. The molecule has 0 saturated heterocycles. The maximum absolute atomic E-state index is 10.8. The third kappa shape index (κ3) is 1.22. The second-order valence-corrected chi connectivity index (χ2v) is 3.95. The van der Waals surface area contributed by atoms with E-state index in [0.717, 1.165) is 18.5 Å². The van der Waals surface area contributed by atoms with Crippen molar-refractivity contribution in [3.05, 3.63) is 17.5 Å². The first-order chi connectivity index (χ1) is 6.12. The first kappa shape index (κ1) is 8.29. The van der Waals surface area contributed by atoms with Crippen LogP contribution < -0.4 is 5.73 Å². The summed E-state index contributed by atoms with van der Waals surface area (Å²) in [5, 5.41) is 6.76. The van der Waals surface area contributed by atoms with Crippen LogP contribution in [-0.2, 0) is 5.41 Å². The quantitative estimate of drug-likeness (QED) is 0.709. The van der Waals surface area contributed by atoms with Gasteiger partial charge in [-0.05, 0) is 18.9 Å². The molecule has 0 aliphatic heterocycles. The van der Waals surface area contributed by atoms with E-state index in [1.165, 1.54) is 6.42 Å². The molecular formula is C9H13N3O. The molecule has 0 unspecified atom stereocenters. The number of carbonyl (C=O) groups is 1. The van der Waals surface area contributed by atoms with E-state index in [0.29, 0.717) is 5.69 Å². The van der Waals surface area contributed by atoms with Crippen LogP contribution in [-0.4, -0.2) is 16.1 Å². The molecule has 1 aliphatic carbocycles. The predicted octanol–water partition coefficient (Wildman–Crippen LogP) is 0.950. The number of nitrogens with two attached hydrogens (primary N) is 1. The highest BCUT2D eigenvalue weighted by Gasteiger charge is 2.35. The Bertz CT molecular complexity index is 338. The number of hydrogen-bond donors (Lipinski definition) is 2. The molecule has 13 heavy (non-hydrogen) atoms. The molecule has 1 saturated carbocycles. The third-order valence-electron chi connectivity index (χ3n) is 2.92. The summed E-state index contributed by atoms with van der Waals surface area (Å²) in [5.41, 5.74) is 6.66. The number of aromatic amines is 1. The van der Waals surface area contributed by atoms with Crippen molar-refractivity contribution in [2.45, 2.75) is 31.6 Å². The van der Waals surface area contributed by atoms with Crippen LogP contribution in [0.15, 0.2) is 6.07 Å². The van der Waals surface area contributed by atoms with Gasteiger partial charge >= 0.3 is 0 Å². The summed E-state index contributed by atoms with van der Waals surface area (Å²) >= 11 is 0. The van der Waals surface area contributed by atoms with Crippen molar-refractivity contribution < 1.29 is 4.79 Å². The first-order valence-corrected chi connectivity index (χ1v) is 4.47. The van der Waals surface area contributed by atoms with Crippen LogP contribution >= 0.6 is 0 Å². The highest BCUT2D eigenvalue weighted by Crippen LogP contribution is 2.42. The Morgan fingerprint density at radius 3 is 2.77 bits per heavy atom. The van der Waals surface area contributed by atoms with E-state index in [9.17, 15) is 4.79 Å². The predicted molar refractivity (Wildman–Crippen MR) is 48.3 cm³/mol. The van der Waals surface area contributed by atoms with Gasteiger partial charge in [-0.3, -0.25) is 9.89 Å². The second-order valence-electron chi connectivity index (χ2n) is 3.95. The SMILES string of the molecule is CC1(c2cc(C(N)=O)[nH]n2)CCC1. The van der Waals surface area contributed by atoms with E-state index in [1.54, 1.807) is 6.07 Å². The van der Waals surface area contributed by atoms with Crippen LogP contribution in [0.5, 0.6) is 0 Å². The molecule has 0 spiro atoms. The van der Waals surface area contributed by atoms with Crippen molar-refractivity contribution in [3.63, 3.8) is 0 Å². The van der Waals surface area contributed by atoms with Crippen molar-refractivity contribution in [3.8, 4) is 0 Å². The highest BCUT2D eigenvalue weighted by molar-refractivity contribution is 5.90. The molecule has 3 N–H and O–H groups in total.